The maximum Gasteiger partial charge on any atom is 0.251 e. The highest BCUT2D eigenvalue weighted by atomic mass is 35.5. The average molecular weight is 335 g/mol. The third-order valence-electron chi connectivity index (χ3n) is 3.68. The van der Waals surface area contributed by atoms with Crippen LogP contribution in [-0.2, 0) is 6.42 Å². The van der Waals surface area contributed by atoms with Gasteiger partial charge in [0.25, 0.3) is 5.91 Å². The number of nitrogens with one attached hydrogen (secondary N) is 1. The van der Waals surface area contributed by atoms with E-state index >= 15 is 0 Å². The first-order valence-corrected chi connectivity index (χ1v) is 7.29. The highest BCUT2D eigenvalue weighted by Crippen LogP contribution is 2.19. The van der Waals surface area contributed by atoms with E-state index in [9.17, 15) is 4.79 Å². The van der Waals surface area contributed by atoms with E-state index in [4.69, 9.17) is 10.5 Å². The number of carbonyl (C=O) groups excluding carboxylic acids is 1. The second kappa shape index (κ2) is 8.44. The molecule has 124 valence electrons. The number of benzene rings is 2. The Bertz CT molecular complexity index is 687. The van der Waals surface area contributed by atoms with Gasteiger partial charge in [0.15, 0.2) is 0 Å². The fourth-order valence-corrected chi connectivity index (χ4v) is 2.32. The summed E-state index contributed by atoms with van der Waals surface area (Å²) in [5.74, 6) is 0.777. The van der Waals surface area contributed by atoms with E-state index in [0.717, 1.165) is 28.9 Å². The molecule has 0 aromatic heterocycles. The Morgan fingerprint density at radius 2 is 1.83 bits per heavy atom. The lowest BCUT2D eigenvalue weighted by Crippen LogP contribution is -2.26. The maximum absolute atomic E-state index is 12.2. The van der Waals surface area contributed by atoms with E-state index in [1.807, 2.05) is 32.0 Å². The molecular weight excluding hydrogens is 312 g/mol. The van der Waals surface area contributed by atoms with E-state index in [1.165, 1.54) is 0 Å². The number of rotatable bonds is 5. The number of ether oxygens (including phenoxy) is 1. The van der Waals surface area contributed by atoms with Crippen LogP contribution in [0.25, 0.3) is 0 Å². The third-order valence-corrected chi connectivity index (χ3v) is 3.68. The summed E-state index contributed by atoms with van der Waals surface area (Å²) in [5.41, 5.74) is 10.1. The molecule has 3 N–H and O–H groups in total. The summed E-state index contributed by atoms with van der Waals surface area (Å²) >= 11 is 0. The molecule has 0 aliphatic carbocycles. The fourth-order valence-electron chi connectivity index (χ4n) is 2.32. The molecule has 0 unspecified atom stereocenters. The molecule has 0 heterocycles. The normalized spacial score (nSPS) is 9.87. The smallest absolute Gasteiger partial charge is 0.251 e. The molecule has 2 aromatic carbocycles. The minimum absolute atomic E-state index is 0. The van der Waals surface area contributed by atoms with E-state index in [0.29, 0.717) is 17.8 Å². The number of methoxy groups -OCH3 is 1. The van der Waals surface area contributed by atoms with Crippen LogP contribution in [0.4, 0.5) is 5.69 Å². The van der Waals surface area contributed by atoms with Gasteiger partial charge < -0.3 is 15.8 Å². The number of hydrogen-bond donors (Lipinski definition) is 2. The summed E-state index contributed by atoms with van der Waals surface area (Å²) in [6.07, 6.45) is 0.754. The van der Waals surface area contributed by atoms with E-state index in [1.54, 1.807) is 19.2 Å². The van der Waals surface area contributed by atoms with Crippen LogP contribution < -0.4 is 15.8 Å². The van der Waals surface area contributed by atoms with Crippen molar-refractivity contribution in [2.75, 3.05) is 19.4 Å². The molecule has 2 rings (SSSR count). The first kappa shape index (κ1) is 18.8. The van der Waals surface area contributed by atoms with Gasteiger partial charge in [0.05, 0.1) is 7.11 Å². The molecule has 1 amide bonds. The van der Waals surface area contributed by atoms with Crippen LogP contribution in [0.3, 0.4) is 0 Å². The van der Waals surface area contributed by atoms with Gasteiger partial charge in [-0.05, 0) is 55.2 Å². The molecule has 0 fully saturated rings. The number of anilines is 1. The molecule has 2 aromatic rings. The van der Waals surface area contributed by atoms with Gasteiger partial charge in [0.2, 0.25) is 0 Å². The largest absolute Gasteiger partial charge is 0.496 e. The zero-order chi connectivity index (χ0) is 16.1. The van der Waals surface area contributed by atoms with Crippen molar-refractivity contribution in [3.05, 3.63) is 58.7 Å². The van der Waals surface area contributed by atoms with Gasteiger partial charge in [-0.15, -0.1) is 12.4 Å². The van der Waals surface area contributed by atoms with Gasteiger partial charge in [-0.3, -0.25) is 4.79 Å². The van der Waals surface area contributed by atoms with Crippen LogP contribution >= 0.6 is 12.4 Å². The number of nitrogen functional groups attached to an aromatic ring is 1. The number of amides is 1. The highest BCUT2D eigenvalue weighted by molar-refractivity contribution is 5.96. The Hall–Kier alpha value is -2.20. The second-order valence-corrected chi connectivity index (χ2v) is 5.38. The van der Waals surface area contributed by atoms with Gasteiger partial charge >= 0.3 is 0 Å². The van der Waals surface area contributed by atoms with E-state index in [2.05, 4.69) is 11.4 Å². The lowest BCUT2D eigenvalue weighted by Gasteiger charge is -2.10. The van der Waals surface area contributed by atoms with Crippen molar-refractivity contribution in [2.45, 2.75) is 20.3 Å². The SMILES string of the molecule is COc1cc(CCNC(=O)c2cc(N)ccc2C)ccc1C.Cl. The van der Waals surface area contributed by atoms with Crippen LogP contribution in [0.5, 0.6) is 5.75 Å². The molecule has 0 aliphatic heterocycles. The molecule has 5 heteroatoms. The Morgan fingerprint density at radius 1 is 1.13 bits per heavy atom. The van der Waals surface area contributed by atoms with Gasteiger partial charge in [-0.25, -0.2) is 0 Å². The summed E-state index contributed by atoms with van der Waals surface area (Å²) < 4.78 is 5.31. The van der Waals surface area contributed by atoms with Crippen molar-refractivity contribution in [3.63, 3.8) is 0 Å². The van der Waals surface area contributed by atoms with Crippen molar-refractivity contribution >= 4 is 24.0 Å². The fraction of sp³-hybridized carbons (Fsp3) is 0.278. The first-order chi connectivity index (χ1) is 10.5. The Morgan fingerprint density at radius 3 is 2.52 bits per heavy atom. The molecule has 4 nitrogen and oxygen atoms in total. The topological polar surface area (TPSA) is 64.3 Å². The molecule has 0 bridgehead atoms. The van der Waals surface area contributed by atoms with Gasteiger partial charge in [-0.2, -0.15) is 0 Å². The third kappa shape index (κ3) is 4.89. The molecule has 0 atom stereocenters. The number of aryl methyl sites for hydroxylation is 2. The first-order valence-electron chi connectivity index (χ1n) is 7.29. The standard InChI is InChI=1S/C18H22N2O2.ClH/c1-12-5-7-15(19)11-16(12)18(21)20-9-8-14-6-4-13(2)17(10-14)22-3;/h4-7,10-11H,8-9,19H2,1-3H3,(H,20,21);1H. The van der Waals surface area contributed by atoms with Crippen molar-refractivity contribution in [1.29, 1.82) is 0 Å². The maximum atomic E-state index is 12.2. The van der Waals surface area contributed by atoms with Crippen LogP contribution in [0.2, 0.25) is 0 Å². The zero-order valence-electron chi connectivity index (χ0n) is 13.7. The molecule has 0 saturated heterocycles. The summed E-state index contributed by atoms with van der Waals surface area (Å²) in [5, 5.41) is 2.93. The zero-order valence-corrected chi connectivity index (χ0v) is 14.5. The predicted molar refractivity (Wildman–Crippen MR) is 96.6 cm³/mol. The highest BCUT2D eigenvalue weighted by Gasteiger charge is 2.09. The Labute approximate surface area is 143 Å². The quantitative estimate of drug-likeness (QED) is 0.825. The molecule has 0 saturated carbocycles. The van der Waals surface area contributed by atoms with Crippen LogP contribution in [-0.4, -0.2) is 19.6 Å². The molecule has 0 radical (unpaired) electrons. The number of nitrogens with two attached hydrogens (primary N) is 1. The van der Waals surface area contributed by atoms with Gasteiger partial charge in [0, 0.05) is 17.8 Å². The molecular formula is C18H23ClN2O2. The minimum atomic E-state index is -0.0936. The van der Waals surface area contributed by atoms with Crippen molar-refractivity contribution < 1.29 is 9.53 Å². The molecule has 0 spiro atoms. The summed E-state index contributed by atoms with van der Waals surface area (Å²) in [6.45, 7) is 4.48. The predicted octanol–water partition coefficient (Wildman–Crippen LogP) is 3.29. The van der Waals surface area contributed by atoms with E-state index in [-0.39, 0.29) is 18.3 Å². The monoisotopic (exact) mass is 334 g/mol. The van der Waals surface area contributed by atoms with Crippen LogP contribution in [0, 0.1) is 13.8 Å². The lowest BCUT2D eigenvalue weighted by atomic mass is 10.1. The Kier molecular flexibility index (Phi) is 6.91. The molecule has 23 heavy (non-hydrogen) atoms. The van der Waals surface area contributed by atoms with Crippen LogP contribution in [0.1, 0.15) is 27.0 Å². The average Bonchev–Trinajstić information content (AvgIpc) is 2.51. The Balaban J connectivity index is 0.00000264. The van der Waals surface area contributed by atoms with Gasteiger partial charge in [0.1, 0.15) is 5.75 Å². The van der Waals surface area contributed by atoms with Crippen molar-refractivity contribution in [2.24, 2.45) is 0 Å². The number of hydrogen-bond acceptors (Lipinski definition) is 3. The minimum Gasteiger partial charge on any atom is -0.496 e. The van der Waals surface area contributed by atoms with Gasteiger partial charge in [-0.1, -0.05) is 18.2 Å². The number of halogens is 1. The van der Waals surface area contributed by atoms with Crippen LogP contribution in [0.15, 0.2) is 36.4 Å². The second-order valence-electron chi connectivity index (χ2n) is 5.38. The summed E-state index contributed by atoms with van der Waals surface area (Å²) in [6, 6.07) is 11.4. The van der Waals surface area contributed by atoms with E-state index < -0.39 is 0 Å². The summed E-state index contributed by atoms with van der Waals surface area (Å²) in [4.78, 5) is 12.2. The summed E-state index contributed by atoms with van der Waals surface area (Å²) in [7, 11) is 1.66. The van der Waals surface area contributed by atoms with Crippen molar-refractivity contribution in [3.8, 4) is 5.75 Å². The van der Waals surface area contributed by atoms with Crippen molar-refractivity contribution in [1.82, 2.24) is 5.32 Å². The molecule has 0 aliphatic rings. The lowest BCUT2D eigenvalue weighted by molar-refractivity contribution is 0.0953. The number of carbonyl (C=O) groups is 1.